The quantitative estimate of drug-likeness (QED) is 0.163. The molecule has 9 aromatic heterocycles. The van der Waals surface area contributed by atoms with E-state index in [2.05, 4.69) is 410 Å². The van der Waals surface area contributed by atoms with Crippen LogP contribution >= 0.6 is 0 Å². The molecule has 660 valence electrons. The Kier molecular flexibility index (Phi) is 17.7. The van der Waals surface area contributed by atoms with Gasteiger partial charge in [0.05, 0.1) is 45.4 Å². The maximum atomic E-state index is 6.71. The fourth-order valence-corrected chi connectivity index (χ4v) is 23.3. The van der Waals surface area contributed by atoms with Gasteiger partial charge in [-0.25, -0.2) is 0 Å². The summed E-state index contributed by atoms with van der Waals surface area (Å²) >= 11 is 0. The molecule has 0 amide bonds. The summed E-state index contributed by atoms with van der Waals surface area (Å²) in [5, 5.41) is 30.2. The zero-order valence-corrected chi connectivity index (χ0v) is 76.6. The van der Waals surface area contributed by atoms with Crippen molar-refractivity contribution in [3.8, 4) is 67.0 Å². The predicted molar refractivity (Wildman–Crippen MR) is 585 cm³/mol. The van der Waals surface area contributed by atoms with Gasteiger partial charge in [-0.1, -0.05) is 311 Å². The first-order valence-corrected chi connectivity index (χ1v) is 48.0. The molecule has 1 aliphatic carbocycles. The molecule has 0 bridgehead atoms. The second kappa shape index (κ2) is 31.2. The van der Waals surface area contributed by atoms with Crippen molar-refractivity contribution in [2.24, 2.45) is 0 Å². The zero-order valence-electron chi connectivity index (χ0n) is 76.6. The summed E-state index contributed by atoms with van der Waals surface area (Å²) in [6.07, 6.45) is 7.15. The number of pyridine rings is 1. The van der Waals surface area contributed by atoms with Crippen LogP contribution in [0.25, 0.3) is 285 Å². The largest absolute Gasteiger partial charge is 0.464 e. The average Bonchev–Trinajstić information content (AvgIpc) is 1.60. The van der Waals surface area contributed by atoms with Gasteiger partial charge in [0.2, 0.25) is 0 Å². The minimum atomic E-state index is -0.0752. The SMILES string of the molecule is CC1(C)c2ccccc2-c2ccc(-c3cc4oc5ccccc5c4c4c3ccc3c5ccccc5n(-c5ccccc5)c34)cc21.c1ccc(-c2cc3occc3c3c2ccc2c4ccccc4oc23)cc1.c1ccc(-n2c3ccccc3c3ccc4c(-c5ccc6ccccc6c5)cc5c6ccccc6oc5c4c32)cc1.c1ccc2c(c1)ccc1c3ccc4c(-c5ccncc5)cc5ccoc5c4c3oc21. The van der Waals surface area contributed by atoms with Crippen molar-refractivity contribution in [2.45, 2.75) is 19.3 Å². The minimum absolute atomic E-state index is 0.0752. The third kappa shape index (κ3) is 12.2. The summed E-state index contributed by atoms with van der Waals surface area (Å²) in [4.78, 5) is 4.17. The van der Waals surface area contributed by atoms with Crippen LogP contribution in [0.4, 0.5) is 0 Å². The van der Waals surface area contributed by atoms with Crippen LogP contribution < -0.4 is 0 Å². The van der Waals surface area contributed by atoms with E-state index in [1.165, 1.54) is 137 Å². The number of furan rings is 6. The molecule has 0 spiro atoms. The average molecular weight is 1810 g/mol. The second-order valence-corrected chi connectivity index (χ2v) is 37.6. The van der Waals surface area contributed by atoms with Gasteiger partial charge < -0.3 is 35.6 Å². The van der Waals surface area contributed by atoms with Crippen molar-refractivity contribution in [1.29, 1.82) is 0 Å². The lowest BCUT2D eigenvalue weighted by Crippen LogP contribution is -2.14. The summed E-state index contributed by atoms with van der Waals surface area (Å²) in [5.41, 5.74) is 30.9. The summed E-state index contributed by atoms with van der Waals surface area (Å²) < 4.78 is 42.8. The Labute approximate surface area is 806 Å². The topological polar surface area (TPSA) is 102 Å². The van der Waals surface area contributed by atoms with Gasteiger partial charge >= 0.3 is 0 Å². The third-order valence-electron chi connectivity index (χ3n) is 29.7. The van der Waals surface area contributed by atoms with Gasteiger partial charge in [-0.2, -0.15) is 0 Å². The Morgan fingerprint density at radius 1 is 0.206 bits per heavy atom. The molecule has 0 fully saturated rings. The van der Waals surface area contributed by atoms with Crippen molar-refractivity contribution < 1.29 is 26.5 Å². The molecule has 0 aliphatic heterocycles. The maximum absolute atomic E-state index is 6.71. The van der Waals surface area contributed by atoms with E-state index in [9.17, 15) is 0 Å². The minimum Gasteiger partial charge on any atom is -0.464 e. The lowest BCUT2D eigenvalue weighted by Gasteiger charge is -2.22. The monoisotopic (exact) mass is 1800 g/mol. The van der Waals surface area contributed by atoms with Crippen molar-refractivity contribution >= 4 is 218 Å². The molecule has 32 rings (SSSR count). The molecule has 0 N–H and O–H groups in total. The lowest BCUT2D eigenvalue weighted by atomic mass is 9.81. The fourth-order valence-electron chi connectivity index (χ4n) is 23.3. The van der Waals surface area contributed by atoms with Gasteiger partial charge in [0.15, 0.2) is 0 Å². The molecule has 0 radical (unpaired) electrons. The molecule has 9 heterocycles. The highest BCUT2D eigenvalue weighted by molar-refractivity contribution is 6.34. The van der Waals surface area contributed by atoms with E-state index in [4.69, 9.17) is 26.5 Å². The van der Waals surface area contributed by atoms with Crippen LogP contribution in [0.5, 0.6) is 0 Å². The van der Waals surface area contributed by atoms with Gasteiger partial charge in [-0.05, 0) is 238 Å². The molecular weight excluding hydrogens is 1720 g/mol. The lowest BCUT2D eigenvalue weighted by molar-refractivity contribution is 0.616. The Morgan fingerprint density at radius 3 is 1.37 bits per heavy atom. The standard InChI is InChI=1S/C43H29NO.C38H23NO.C27H15NO2.C24H14O2/c1-43(2)35-17-9-6-14-28(35)29-21-20-26(24-36(29)43)34-25-39-40(33-16-8-11-19-38(33)45-39)41-31(34)22-23-32-30-15-7-10-18-37(30)44(42(32)41)27-12-4-3-5-13-27;1-2-12-27(13-3-1)39-34-16-8-6-14-28(34)31-21-20-30-32(26-19-18-24-10-4-5-11-25(24)22-26)23-33-29-15-7-9-17-35(29)40-38(33)36(30)37(31)39;1-2-4-19-16(3-1)5-6-21-22-8-7-20-23(17-9-12-28-13-10-17)15-18-11-14-29-25(18)24(20)27(22)30-26(19)21;1-2-6-15(7-3-1)20-14-22-19(12-13-25-22)23-17(20)10-11-18-16-8-4-5-9-21(16)26-24(18)23/h3-25H,1-2H3;1-23H;1-15H;1-14H. The van der Waals surface area contributed by atoms with E-state index >= 15 is 0 Å². The van der Waals surface area contributed by atoms with Crippen LogP contribution in [-0.4, -0.2) is 14.1 Å². The number of aromatic nitrogens is 3. The normalized spacial score (nSPS) is 12.5. The summed E-state index contributed by atoms with van der Waals surface area (Å²) in [6, 6.07) is 153. The molecule has 1 aliphatic rings. The molecule has 0 saturated heterocycles. The number of benzene rings is 22. The highest BCUT2D eigenvalue weighted by atomic mass is 16.4. The second-order valence-electron chi connectivity index (χ2n) is 37.6. The van der Waals surface area contributed by atoms with Crippen LogP contribution in [-0.2, 0) is 5.41 Å². The Hall–Kier alpha value is -18.6. The van der Waals surface area contributed by atoms with Crippen molar-refractivity contribution in [3.63, 3.8) is 0 Å². The van der Waals surface area contributed by atoms with Crippen LogP contribution in [0.15, 0.2) is 482 Å². The Morgan fingerprint density at radius 2 is 0.660 bits per heavy atom. The van der Waals surface area contributed by atoms with Crippen molar-refractivity contribution in [1.82, 2.24) is 14.1 Å². The zero-order chi connectivity index (χ0) is 92.8. The number of fused-ring (bicyclic) bond motifs is 38. The highest BCUT2D eigenvalue weighted by Crippen LogP contribution is 2.55. The van der Waals surface area contributed by atoms with E-state index in [1.54, 1.807) is 12.5 Å². The van der Waals surface area contributed by atoms with E-state index in [0.717, 1.165) is 159 Å². The van der Waals surface area contributed by atoms with E-state index in [-0.39, 0.29) is 5.41 Å². The van der Waals surface area contributed by atoms with Gasteiger partial charge in [0.25, 0.3) is 0 Å². The Bertz CT molecular complexity index is 10600. The predicted octanol–water partition coefficient (Wildman–Crippen LogP) is 37.3. The number of rotatable bonds is 6. The van der Waals surface area contributed by atoms with E-state index < -0.39 is 0 Å². The van der Waals surface area contributed by atoms with Crippen LogP contribution in [0, 0.1) is 0 Å². The van der Waals surface area contributed by atoms with Gasteiger partial charge in [-0.3, -0.25) is 4.98 Å². The van der Waals surface area contributed by atoms with Crippen LogP contribution in [0.2, 0.25) is 0 Å². The molecule has 31 aromatic rings. The van der Waals surface area contributed by atoms with Gasteiger partial charge in [-0.15, -0.1) is 0 Å². The van der Waals surface area contributed by atoms with Gasteiger partial charge in [0, 0.05) is 121 Å². The molecule has 9 heteroatoms. The summed E-state index contributed by atoms with van der Waals surface area (Å²) in [5.74, 6) is 0. The van der Waals surface area contributed by atoms with Gasteiger partial charge in [0.1, 0.15) is 55.8 Å². The first kappa shape index (κ1) is 79.8. The van der Waals surface area contributed by atoms with E-state index in [1.807, 2.05) is 60.9 Å². The third-order valence-corrected chi connectivity index (χ3v) is 29.7. The molecule has 22 aromatic carbocycles. The number of hydrogen-bond donors (Lipinski definition) is 0. The van der Waals surface area contributed by atoms with Crippen LogP contribution in [0.1, 0.15) is 25.0 Å². The Balaban J connectivity index is 0.0000000919. The van der Waals surface area contributed by atoms with Crippen LogP contribution in [0.3, 0.4) is 0 Å². The van der Waals surface area contributed by atoms with Crippen molar-refractivity contribution in [2.75, 3.05) is 0 Å². The first-order valence-electron chi connectivity index (χ1n) is 48.0. The number of hydrogen-bond acceptors (Lipinski definition) is 7. The maximum Gasteiger partial charge on any atom is 0.147 e. The molecule has 0 unspecified atom stereocenters. The summed E-state index contributed by atoms with van der Waals surface area (Å²) in [6.45, 7) is 4.70. The van der Waals surface area contributed by atoms with E-state index in [0.29, 0.717) is 0 Å². The highest BCUT2D eigenvalue weighted by Gasteiger charge is 2.36. The molecule has 0 atom stereocenters. The summed E-state index contributed by atoms with van der Waals surface area (Å²) in [7, 11) is 0. The first-order chi connectivity index (χ1) is 69.7. The molecular formula is C132H81N3O6. The molecule has 141 heavy (non-hydrogen) atoms. The fraction of sp³-hybridized carbons (Fsp3) is 0.0227. The number of nitrogens with zero attached hydrogens (tertiary/aromatic N) is 3. The molecule has 0 saturated carbocycles. The smallest absolute Gasteiger partial charge is 0.147 e. The molecule has 9 nitrogen and oxygen atoms in total. The van der Waals surface area contributed by atoms with Crippen molar-refractivity contribution in [3.05, 3.63) is 467 Å². The number of para-hydroxylation sites is 7.